The zero-order valence-corrected chi connectivity index (χ0v) is 11.2. The van der Waals surface area contributed by atoms with E-state index in [2.05, 4.69) is 0 Å². The van der Waals surface area contributed by atoms with Crippen molar-refractivity contribution in [2.24, 2.45) is 11.7 Å². The lowest BCUT2D eigenvalue weighted by Crippen LogP contribution is -2.36. The number of hydrogen-bond acceptors (Lipinski definition) is 4. The van der Waals surface area contributed by atoms with Gasteiger partial charge in [-0.15, -0.1) is 0 Å². The first-order chi connectivity index (χ1) is 8.19. The van der Waals surface area contributed by atoms with Gasteiger partial charge in [0.1, 0.15) is 11.6 Å². The Hall–Kier alpha value is -1.30. The monoisotopic (exact) mass is 258 g/mol. The quantitative estimate of drug-likeness (QED) is 0.789. The number of nitrogens with two attached hydrogens (primary N) is 1. The fourth-order valence-corrected chi connectivity index (χ4v) is 1.98. The molecular weight excluding hydrogens is 236 g/mol. The summed E-state index contributed by atoms with van der Waals surface area (Å²) in [4.78, 5) is 24.1. The molecule has 0 aromatic rings. The molecule has 1 fully saturated rings. The van der Waals surface area contributed by atoms with Crippen LogP contribution in [-0.4, -0.2) is 46.8 Å². The summed E-state index contributed by atoms with van der Waals surface area (Å²) >= 11 is 0. The van der Waals surface area contributed by atoms with Crippen LogP contribution in [0.2, 0.25) is 0 Å². The van der Waals surface area contributed by atoms with Gasteiger partial charge in [0, 0.05) is 13.1 Å². The Balaban J connectivity index is 2.41. The first kappa shape index (κ1) is 14.8. The lowest BCUT2D eigenvalue weighted by atomic mass is 10.00. The van der Waals surface area contributed by atoms with Crippen LogP contribution in [0.5, 0.6) is 0 Å². The number of carboxylic acid groups (broad SMARTS) is 1. The topological polar surface area (TPSA) is 92.9 Å². The van der Waals surface area contributed by atoms with E-state index in [1.54, 1.807) is 4.90 Å². The molecule has 18 heavy (non-hydrogen) atoms. The van der Waals surface area contributed by atoms with Crippen LogP contribution >= 0.6 is 0 Å². The Morgan fingerprint density at radius 3 is 2.61 bits per heavy atom. The summed E-state index contributed by atoms with van der Waals surface area (Å²) in [5.74, 6) is -0.852. The highest BCUT2D eigenvalue weighted by Gasteiger charge is 2.31. The predicted molar refractivity (Wildman–Crippen MR) is 66.1 cm³/mol. The van der Waals surface area contributed by atoms with Crippen LogP contribution in [0.15, 0.2) is 0 Å². The number of carbonyl (C=O) groups excluding carboxylic acids is 1. The largest absolute Gasteiger partial charge is 0.480 e. The Kier molecular flexibility index (Phi) is 4.56. The molecule has 0 radical (unpaired) electrons. The zero-order chi connectivity index (χ0) is 13.9. The molecule has 3 N–H and O–H groups in total. The van der Waals surface area contributed by atoms with Crippen molar-refractivity contribution in [2.45, 2.75) is 45.3 Å². The van der Waals surface area contributed by atoms with Gasteiger partial charge in [-0.05, 0) is 39.5 Å². The molecule has 1 aliphatic heterocycles. The van der Waals surface area contributed by atoms with Crippen LogP contribution in [0.1, 0.15) is 33.6 Å². The second kappa shape index (κ2) is 5.56. The summed E-state index contributed by atoms with van der Waals surface area (Å²) in [5.41, 5.74) is 4.98. The summed E-state index contributed by atoms with van der Waals surface area (Å²) in [6.07, 6.45) is 0.836. The lowest BCUT2D eigenvalue weighted by molar-refractivity contribution is -0.138. The minimum Gasteiger partial charge on any atom is -0.480 e. The third-order valence-corrected chi connectivity index (χ3v) is 2.84. The number of hydrogen-bond donors (Lipinski definition) is 2. The average Bonchev–Trinajstić information content (AvgIpc) is 2.63. The maximum absolute atomic E-state index is 11.8. The number of carbonyl (C=O) groups is 2. The molecule has 1 aliphatic rings. The summed E-state index contributed by atoms with van der Waals surface area (Å²) in [6, 6.07) is -0.853. The zero-order valence-electron chi connectivity index (χ0n) is 11.2. The highest BCUT2D eigenvalue weighted by molar-refractivity contribution is 5.73. The second-order valence-electron chi connectivity index (χ2n) is 5.76. The fourth-order valence-electron chi connectivity index (χ4n) is 1.98. The van der Waals surface area contributed by atoms with E-state index >= 15 is 0 Å². The SMILES string of the molecule is CC(C)(C)OC(=O)N1CC[C@H](C[C@@H](N)C(=O)O)C1. The molecule has 1 saturated heterocycles. The van der Waals surface area contributed by atoms with Crippen molar-refractivity contribution in [2.75, 3.05) is 13.1 Å². The van der Waals surface area contributed by atoms with Crippen molar-refractivity contribution in [1.82, 2.24) is 4.90 Å². The van der Waals surface area contributed by atoms with Gasteiger partial charge in [-0.2, -0.15) is 0 Å². The van der Waals surface area contributed by atoms with Gasteiger partial charge < -0.3 is 20.5 Å². The van der Waals surface area contributed by atoms with E-state index in [0.29, 0.717) is 19.5 Å². The molecular formula is C12H22N2O4. The number of likely N-dealkylation sites (tertiary alicyclic amines) is 1. The standard InChI is InChI=1S/C12H22N2O4/c1-12(2,3)18-11(17)14-5-4-8(7-14)6-9(13)10(15)16/h8-9H,4-7,13H2,1-3H3,(H,15,16)/t8-,9-/m1/s1. The molecule has 0 aromatic carbocycles. The van der Waals surface area contributed by atoms with E-state index in [0.717, 1.165) is 6.42 Å². The van der Waals surface area contributed by atoms with Gasteiger partial charge in [-0.1, -0.05) is 0 Å². The van der Waals surface area contributed by atoms with Gasteiger partial charge in [-0.3, -0.25) is 4.79 Å². The van der Waals surface area contributed by atoms with Gasteiger partial charge >= 0.3 is 12.1 Å². The molecule has 104 valence electrons. The Bertz CT molecular complexity index is 325. The van der Waals surface area contributed by atoms with Crippen molar-refractivity contribution in [3.63, 3.8) is 0 Å². The number of amides is 1. The fraction of sp³-hybridized carbons (Fsp3) is 0.833. The Morgan fingerprint density at radius 2 is 2.11 bits per heavy atom. The van der Waals surface area contributed by atoms with E-state index in [1.807, 2.05) is 20.8 Å². The predicted octanol–water partition coefficient (Wildman–Crippen LogP) is 1.05. The summed E-state index contributed by atoms with van der Waals surface area (Å²) in [6.45, 7) is 6.58. The van der Waals surface area contributed by atoms with Crippen molar-refractivity contribution >= 4 is 12.1 Å². The molecule has 2 atom stereocenters. The average molecular weight is 258 g/mol. The Labute approximate surface area is 107 Å². The maximum Gasteiger partial charge on any atom is 0.410 e. The van der Waals surface area contributed by atoms with Crippen LogP contribution in [0.25, 0.3) is 0 Å². The molecule has 0 aromatic heterocycles. The number of carboxylic acids is 1. The van der Waals surface area contributed by atoms with Crippen LogP contribution in [-0.2, 0) is 9.53 Å². The smallest absolute Gasteiger partial charge is 0.410 e. The molecule has 1 heterocycles. The summed E-state index contributed by atoms with van der Waals surface area (Å²) in [5, 5.41) is 8.74. The van der Waals surface area contributed by atoms with Crippen molar-refractivity contribution < 1.29 is 19.4 Å². The minimum atomic E-state index is -0.995. The summed E-state index contributed by atoms with van der Waals surface area (Å²) in [7, 11) is 0. The number of rotatable bonds is 3. The van der Waals surface area contributed by atoms with Crippen LogP contribution in [0, 0.1) is 5.92 Å². The van der Waals surface area contributed by atoms with Gasteiger partial charge in [0.15, 0.2) is 0 Å². The van der Waals surface area contributed by atoms with Gasteiger partial charge in [0.2, 0.25) is 0 Å². The molecule has 6 heteroatoms. The minimum absolute atomic E-state index is 0.142. The number of ether oxygens (including phenoxy) is 1. The molecule has 6 nitrogen and oxygen atoms in total. The normalized spacial score (nSPS) is 21.8. The first-order valence-electron chi connectivity index (χ1n) is 6.15. The highest BCUT2D eigenvalue weighted by atomic mass is 16.6. The molecule has 0 saturated carbocycles. The van der Waals surface area contributed by atoms with E-state index in [-0.39, 0.29) is 12.0 Å². The lowest BCUT2D eigenvalue weighted by Gasteiger charge is -2.24. The number of aliphatic carboxylic acids is 1. The highest BCUT2D eigenvalue weighted by Crippen LogP contribution is 2.22. The van der Waals surface area contributed by atoms with Gasteiger partial charge in [0.25, 0.3) is 0 Å². The first-order valence-corrected chi connectivity index (χ1v) is 6.15. The van der Waals surface area contributed by atoms with Crippen molar-refractivity contribution in [3.8, 4) is 0 Å². The van der Waals surface area contributed by atoms with Gasteiger partial charge in [-0.25, -0.2) is 4.79 Å². The molecule has 0 spiro atoms. The molecule has 1 amide bonds. The Morgan fingerprint density at radius 1 is 1.50 bits per heavy atom. The molecule has 0 bridgehead atoms. The van der Waals surface area contributed by atoms with Crippen molar-refractivity contribution in [3.05, 3.63) is 0 Å². The van der Waals surface area contributed by atoms with Crippen LogP contribution in [0.3, 0.4) is 0 Å². The maximum atomic E-state index is 11.8. The third-order valence-electron chi connectivity index (χ3n) is 2.84. The van der Waals surface area contributed by atoms with Crippen molar-refractivity contribution in [1.29, 1.82) is 0 Å². The van der Waals surface area contributed by atoms with E-state index in [4.69, 9.17) is 15.6 Å². The molecule has 0 aliphatic carbocycles. The second-order valence-corrected chi connectivity index (χ2v) is 5.76. The third kappa shape index (κ3) is 4.52. The molecule has 0 unspecified atom stereocenters. The number of nitrogens with zero attached hydrogens (tertiary/aromatic N) is 1. The van der Waals surface area contributed by atoms with Gasteiger partial charge in [0.05, 0.1) is 0 Å². The van der Waals surface area contributed by atoms with Crippen LogP contribution in [0.4, 0.5) is 4.79 Å². The van der Waals surface area contributed by atoms with E-state index in [9.17, 15) is 9.59 Å². The summed E-state index contributed by atoms with van der Waals surface area (Å²) < 4.78 is 5.26. The van der Waals surface area contributed by atoms with Crippen LogP contribution < -0.4 is 5.73 Å². The molecule has 1 rings (SSSR count). The van der Waals surface area contributed by atoms with E-state index < -0.39 is 17.6 Å². The van der Waals surface area contributed by atoms with E-state index in [1.165, 1.54) is 0 Å².